The van der Waals surface area contributed by atoms with Crippen molar-refractivity contribution in [3.05, 3.63) is 60.8 Å². The summed E-state index contributed by atoms with van der Waals surface area (Å²) in [6, 6.07) is -0.853. The number of amides is 1. The average Bonchev–Trinajstić information content (AvgIpc) is 3.37. The van der Waals surface area contributed by atoms with Crippen LogP contribution in [0.5, 0.6) is 0 Å². The molecule has 0 rings (SSSR count). The number of carbonyl (C=O) groups is 2. The summed E-state index contributed by atoms with van der Waals surface area (Å²) in [5, 5.41) is 3.06. The SMILES string of the molecule is CCCCC/C=C\C/C=C\CCCCCCCCCCCC(=O)NC(COP(=O)(O)OCC[N+](C)(C)C)C(/C=C/CCCCCCCCCCC)OC(=O)CCCCCCCCCCC/C=C\C/C=C\CCCCC. The number of hydrogen-bond donors (Lipinski definition) is 2. The van der Waals surface area contributed by atoms with Crippen molar-refractivity contribution in [2.45, 2.75) is 303 Å². The van der Waals surface area contributed by atoms with Crippen molar-refractivity contribution < 1.29 is 37.3 Å². The van der Waals surface area contributed by atoms with Gasteiger partial charge in [-0.05, 0) is 96.0 Å². The summed E-state index contributed by atoms with van der Waals surface area (Å²) < 4.78 is 30.7. The molecule has 1 amide bonds. The fourth-order valence-electron chi connectivity index (χ4n) is 9.00. The molecule has 0 radical (unpaired) electrons. The Bertz CT molecular complexity index is 1470. The fourth-order valence-corrected chi connectivity index (χ4v) is 9.74. The molecule has 0 spiro atoms. The summed E-state index contributed by atoms with van der Waals surface area (Å²) in [6.07, 6.45) is 69.2. The fraction of sp³-hybridized carbons (Fsp3) is 0.815. The third-order valence-corrected chi connectivity index (χ3v) is 14.9. The maximum Gasteiger partial charge on any atom is 0.472 e. The van der Waals surface area contributed by atoms with Gasteiger partial charge < -0.3 is 19.4 Å². The average molecular weight is 1070 g/mol. The predicted molar refractivity (Wildman–Crippen MR) is 323 cm³/mol. The van der Waals surface area contributed by atoms with Crippen molar-refractivity contribution in [2.24, 2.45) is 0 Å². The van der Waals surface area contributed by atoms with Crippen molar-refractivity contribution in [2.75, 3.05) is 40.9 Å². The number of phosphoric ester groups is 1. The van der Waals surface area contributed by atoms with Gasteiger partial charge in [-0.2, -0.15) is 0 Å². The van der Waals surface area contributed by atoms with Crippen LogP contribution >= 0.6 is 7.82 Å². The minimum absolute atomic E-state index is 0.0378. The van der Waals surface area contributed by atoms with E-state index in [1.165, 1.54) is 186 Å². The van der Waals surface area contributed by atoms with Gasteiger partial charge in [-0.3, -0.25) is 18.6 Å². The second-order valence-electron chi connectivity index (χ2n) is 22.6. The van der Waals surface area contributed by atoms with Gasteiger partial charge in [0.15, 0.2) is 0 Å². The number of hydrogen-bond acceptors (Lipinski definition) is 6. The Hall–Kier alpha value is -2.29. The Morgan fingerprint density at radius 1 is 0.467 bits per heavy atom. The highest BCUT2D eigenvalue weighted by Crippen LogP contribution is 2.43. The molecule has 3 atom stereocenters. The molecule has 0 aliphatic carbocycles. The number of carbonyl (C=O) groups excluding carboxylic acids is 2. The Morgan fingerprint density at radius 2 is 0.813 bits per heavy atom. The quantitative estimate of drug-likeness (QED) is 0.0205. The Morgan fingerprint density at radius 3 is 1.23 bits per heavy atom. The molecule has 0 bridgehead atoms. The van der Waals surface area contributed by atoms with Crippen molar-refractivity contribution in [1.29, 1.82) is 0 Å². The first-order chi connectivity index (χ1) is 36.4. The molecule has 75 heavy (non-hydrogen) atoms. The molecule has 9 nitrogen and oxygen atoms in total. The van der Waals surface area contributed by atoms with Crippen molar-refractivity contribution >= 4 is 19.7 Å². The van der Waals surface area contributed by atoms with E-state index < -0.39 is 20.0 Å². The van der Waals surface area contributed by atoms with Crippen LogP contribution in [0.25, 0.3) is 0 Å². The summed E-state index contributed by atoms with van der Waals surface area (Å²) in [5.74, 6) is -0.509. The maximum absolute atomic E-state index is 13.5. The third-order valence-electron chi connectivity index (χ3n) is 13.9. The first kappa shape index (κ1) is 72.7. The number of ether oxygens (including phenoxy) is 1. The van der Waals surface area contributed by atoms with Gasteiger partial charge in [0.05, 0.1) is 33.8 Å². The number of nitrogens with one attached hydrogen (secondary N) is 1. The smallest absolute Gasteiger partial charge is 0.456 e. The van der Waals surface area contributed by atoms with Gasteiger partial charge in [-0.1, -0.05) is 242 Å². The third kappa shape index (κ3) is 56.2. The van der Waals surface area contributed by atoms with E-state index in [0.29, 0.717) is 17.4 Å². The molecule has 3 unspecified atom stereocenters. The molecule has 0 aromatic heterocycles. The highest BCUT2D eigenvalue weighted by molar-refractivity contribution is 7.47. The number of esters is 1. The van der Waals surface area contributed by atoms with Crippen LogP contribution in [0, 0.1) is 0 Å². The molecule has 0 saturated heterocycles. The summed E-state index contributed by atoms with van der Waals surface area (Å²) in [5.41, 5.74) is 0. The highest BCUT2D eigenvalue weighted by atomic mass is 31.2. The molecule has 0 aliphatic rings. The van der Waals surface area contributed by atoms with Gasteiger partial charge in [-0.15, -0.1) is 0 Å². The predicted octanol–water partition coefficient (Wildman–Crippen LogP) is 19.4. The number of unbranched alkanes of at least 4 members (excludes halogenated alkanes) is 33. The Kier molecular flexibility index (Phi) is 53.4. The van der Waals surface area contributed by atoms with Crippen LogP contribution < -0.4 is 5.32 Å². The largest absolute Gasteiger partial charge is 0.472 e. The van der Waals surface area contributed by atoms with E-state index in [-0.39, 0.29) is 31.5 Å². The van der Waals surface area contributed by atoms with Crippen LogP contribution in [0.1, 0.15) is 290 Å². The molecule has 0 aromatic rings. The molecule has 438 valence electrons. The number of likely N-dealkylation sites (N-methyl/N-ethyl adjacent to an activating group) is 1. The highest BCUT2D eigenvalue weighted by Gasteiger charge is 2.30. The lowest BCUT2D eigenvalue weighted by atomic mass is 10.0. The lowest BCUT2D eigenvalue weighted by Crippen LogP contribution is -2.47. The molecular weight excluding hydrogens is 952 g/mol. The van der Waals surface area contributed by atoms with E-state index in [4.69, 9.17) is 13.8 Å². The van der Waals surface area contributed by atoms with Crippen molar-refractivity contribution in [1.82, 2.24) is 5.32 Å². The first-order valence-corrected chi connectivity index (χ1v) is 33.1. The molecule has 2 N–H and O–H groups in total. The van der Waals surface area contributed by atoms with Gasteiger partial charge in [0.25, 0.3) is 0 Å². The van der Waals surface area contributed by atoms with E-state index in [1.54, 1.807) is 0 Å². The van der Waals surface area contributed by atoms with Crippen LogP contribution in [-0.2, 0) is 27.9 Å². The number of phosphoric acid groups is 1. The van der Waals surface area contributed by atoms with Crippen molar-refractivity contribution in [3.8, 4) is 0 Å². The van der Waals surface area contributed by atoms with Crippen LogP contribution in [0.4, 0.5) is 0 Å². The summed E-state index contributed by atoms with van der Waals surface area (Å²) >= 11 is 0. The van der Waals surface area contributed by atoms with E-state index >= 15 is 0 Å². The minimum Gasteiger partial charge on any atom is -0.456 e. The molecule has 10 heteroatoms. The molecule has 0 heterocycles. The topological polar surface area (TPSA) is 111 Å². The zero-order valence-electron chi connectivity index (χ0n) is 50.0. The van der Waals surface area contributed by atoms with Gasteiger partial charge in [0.2, 0.25) is 5.91 Å². The van der Waals surface area contributed by atoms with Gasteiger partial charge >= 0.3 is 13.8 Å². The van der Waals surface area contributed by atoms with Gasteiger partial charge in [-0.25, -0.2) is 4.57 Å². The first-order valence-electron chi connectivity index (χ1n) is 31.6. The summed E-state index contributed by atoms with van der Waals surface area (Å²) in [7, 11) is 1.49. The molecular formula is C65H122N2O7P+. The second-order valence-corrected chi connectivity index (χ2v) is 24.0. The van der Waals surface area contributed by atoms with Crippen LogP contribution in [0.3, 0.4) is 0 Å². The van der Waals surface area contributed by atoms with Crippen molar-refractivity contribution in [3.63, 3.8) is 0 Å². The summed E-state index contributed by atoms with van der Waals surface area (Å²) in [4.78, 5) is 37.7. The van der Waals surface area contributed by atoms with E-state index in [0.717, 1.165) is 70.6 Å². The number of allylic oxidation sites excluding steroid dienone is 9. The standard InChI is InChI=1S/C65H121N2O7P/c1-7-10-13-16-19-22-25-27-29-31-33-35-37-39-42-45-48-51-54-57-64(68)66-62(61-73-75(70,71)72-60-59-67(4,5)6)63(56-53-50-47-44-41-24-21-18-15-12-9-3)74-65(69)58-55-52-49-46-43-40-38-36-34-32-30-28-26-23-20-17-14-11-8-2/h19-20,22-23,27-30,53,56,62-63H,7-18,21,24-26,31-52,54-55,57-61H2,1-6H3,(H-,66,68,70,71)/p+1/b22-19-,23-20-,29-27-,30-28-,56-53+. The van der Waals surface area contributed by atoms with Crippen LogP contribution in [-0.4, -0.2) is 74.3 Å². The summed E-state index contributed by atoms with van der Waals surface area (Å²) in [6.45, 7) is 6.97. The minimum atomic E-state index is -4.45. The number of quaternary nitrogens is 1. The normalized spacial score (nSPS) is 14.1. The van der Waals surface area contributed by atoms with Gasteiger partial charge in [0, 0.05) is 12.8 Å². The van der Waals surface area contributed by atoms with Gasteiger partial charge in [0.1, 0.15) is 19.3 Å². The molecule has 0 aliphatic heterocycles. The number of rotatable bonds is 57. The zero-order chi connectivity index (χ0) is 55.0. The van der Waals surface area contributed by atoms with Crippen LogP contribution in [0.15, 0.2) is 60.8 Å². The zero-order valence-corrected chi connectivity index (χ0v) is 50.9. The lowest BCUT2D eigenvalue weighted by Gasteiger charge is -2.27. The number of nitrogens with zero attached hydrogens (tertiary/aromatic N) is 1. The van der Waals surface area contributed by atoms with E-state index in [2.05, 4.69) is 74.7 Å². The molecule has 0 saturated carbocycles. The Balaban J connectivity index is 5.20. The van der Waals surface area contributed by atoms with E-state index in [1.807, 2.05) is 33.3 Å². The van der Waals surface area contributed by atoms with Crippen LogP contribution in [0.2, 0.25) is 0 Å². The lowest BCUT2D eigenvalue weighted by molar-refractivity contribution is -0.870. The monoisotopic (exact) mass is 1070 g/mol. The molecule has 0 fully saturated rings. The molecule has 0 aromatic carbocycles. The maximum atomic E-state index is 13.5. The second kappa shape index (κ2) is 55.0. The van der Waals surface area contributed by atoms with E-state index in [9.17, 15) is 19.0 Å². The Labute approximate surface area is 464 Å².